The van der Waals surface area contributed by atoms with Crippen molar-refractivity contribution in [1.82, 2.24) is 4.98 Å². The Balaban J connectivity index is 2.29. The number of hydrogen-bond donors (Lipinski definition) is 3. The predicted octanol–water partition coefficient (Wildman–Crippen LogP) is 4.66. The molecule has 1 atom stereocenters. The number of thiol groups is 1. The number of carbonyl (C=O) groups is 1. The number of anilines is 1. The Morgan fingerprint density at radius 3 is 2.40 bits per heavy atom. The molecule has 2 aromatic rings. The summed E-state index contributed by atoms with van der Waals surface area (Å²) in [7, 11) is -2.64. The van der Waals surface area contributed by atoms with Gasteiger partial charge in [-0.05, 0) is 42.9 Å². The van der Waals surface area contributed by atoms with E-state index in [0.29, 0.717) is 21.7 Å². The van der Waals surface area contributed by atoms with E-state index in [-0.39, 0.29) is 23.3 Å². The van der Waals surface area contributed by atoms with E-state index in [9.17, 15) is 22.9 Å². The normalized spacial score (nSPS) is 13.3. The van der Waals surface area contributed by atoms with Gasteiger partial charge >= 0.3 is 0 Å². The van der Waals surface area contributed by atoms with E-state index in [4.69, 9.17) is 0 Å². The van der Waals surface area contributed by atoms with E-state index in [1.165, 1.54) is 13.8 Å². The van der Waals surface area contributed by atoms with Crippen molar-refractivity contribution in [2.24, 2.45) is 4.36 Å². The van der Waals surface area contributed by atoms with E-state index in [2.05, 4.69) is 14.1 Å². The van der Waals surface area contributed by atoms with E-state index in [1.807, 2.05) is 27.7 Å². The molecule has 0 spiro atoms. The molecule has 0 aliphatic heterocycles. The SMILES string of the molecule is CC(C)c1ncc(F)c(C(C)C)c1CC(=O)/N=[SH](=O)\Nc1sc(C(C)(C)O)cc1F. The van der Waals surface area contributed by atoms with Gasteiger partial charge in [0, 0.05) is 10.6 Å². The maximum Gasteiger partial charge on any atom is 0.259 e. The zero-order valence-electron chi connectivity index (χ0n) is 17.8. The highest BCUT2D eigenvalue weighted by atomic mass is 32.2. The molecule has 0 aromatic carbocycles. The number of amides is 1. The fourth-order valence-electron chi connectivity index (χ4n) is 3.01. The van der Waals surface area contributed by atoms with Gasteiger partial charge in [0.05, 0.1) is 18.2 Å². The molecule has 0 saturated carbocycles. The van der Waals surface area contributed by atoms with Crippen LogP contribution >= 0.6 is 11.3 Å². The largest absolute Gasteiger partial charge is 0.385 e. The van der Waals surface area contributed by atoms with Crippen LogP contribution in [0.15, 0.2) is 16.6 Å². The molecule has 2 heterocycles. The lowest BCUT2D eigenvalue weighted by Gasteiger charge is -2.18. The highest BCUT2D eigenvalue weighted by Gasteiger charge is 2.23. The fourth-order valence-corrected chi connectivity index (χ4v) is 4.82. The Labute approximate surface area is 181 Å². The summed E-state index contributed by atoms with van der Waals surface area (Å²) in [5, 5.41) is 9.88. The van der Waals surface area contributed by atoms with Crippen LogP contribution in [0, 0.1) is 11.6 Å². The van der Waals surface area contributed by atoms with Gasteiger partial charge in [-0.3, -0.25) is 14.5 Å². The molecule has 0 bridgehead atoms. The average molecular weight is 460 g/mol. The molecule has 0 saturated heterocycles. The average Bonchev–Trinajstić information content (AvgIpc) is 2.95. The number of aliphatic hydroxyl groups is 1. The number of aromatic nitrogens is 1. The van der Waals surface area contributed by atoms with Gasteiger partial charge in [-0.15, -0.1) is 15.7 Å². The summed E-state index contributed by atoms with van der Waals surface area (Å²) in [4.78, 5) is 16.9. The summed E-state index contributed by atoms with van der Waals surface area (Å²) in [5.41, 5.74) is 0.170. The number of halogens is 2. The van der Waals surface area contributed by atoms with E-state index in [0.717, 1.165) is 23.6 Å². The first-order chi connectivity index (χ1) is 13.8. The van der Waals surface area contributed by atoms with Crippen LogP contribution in [0.4, 0.5) is 13.8 Å². The fraction of sp³-hybridized carbons (Fsp3) is 0.500. The summed E-state index contributed by atoms with van der Waals surface area (Å²) in [6.07, 6.45) is 0.897. The highest BCUT2D eigenvalue weighted by Crippen LogP contribution is 2.34. The van der Waals surface area contributed by atoms with Crippen molar-refractivity contribution in [2.75, 3.05) is 4.72 Å². The Morgan fingerprint density at radius 1 is 1.27 bits per heavy atom. The predicted molar refractivity (Wildman–Crippen MR) is 116 cm³/mol. The minimum atomic E-state index is -2.64. The molecule has 0 aliphatic carbocycles. The minimum absolute atomic E-state index is 0.0433. The number of hydrogen-bond acceptors (Lipinski definition) is 5. The maximum atomic E-state index is 14.4. The summed E-state index contributed by atoms with van der Waals surface area (Å²) in [6.45, 7) is 10.4. The third-order valence-corrected chi connectivity index (χ3v) is 6.66. The van der Waals surface area contributed by atoms with Gasteiger partial charge in [-0.1, -0.05) is 27.7 Å². The number of thiophene rings is 1. The van der Waals surface area contributed by atoms with Gasteiger partial charge in [0.2, 0.25) is 0 Å². The molecule has 2 N–H and O–H groups in total. The standard InChI is InChI=1S/C20H27F2N3O3S2/c1-10(2)17-12(18(11(3)4)23-9-14(17)22)7-16(26)24-30(28)25-19-13(21)8-15(29-19)20(5,6)27/h8-11,27,30H,7H2,1-6H3,(H,24,25,26,28). The van der Waals surface area contributed by atoms with E-state index < -0.39 is 33.9 Å². The van der Waals surface area contributed by atoms with Crippen molar-refractivity contribution in [3.05, 3.63) is 45.6 Å². The Morgan fingerprint density at radius 2 is 1.90 bits per heavy atom. The van der Waals surface area contributed by atoms with Crippen LogP contribution in [0.1, 0.15) is 75.1 Å². The van der Waals surface area contributed by atoms with E-state index >= 15 is 0 Å². The topological polar surface area (TPSA) is 91.7 Å². The number of nitrogens with one attached hydrogen (secondary N) is 1. The zero-order chi connectivity index (χ0) is 22.8. The van der Waals surface area contributed by atoms with Crippen LogP contribution in [-0.2, 0) is 27.6 Å². The number of nitrogens with zero attached hydrogens (tertiary/aromatic N) is 2. The van der Waals surface area contributed by atoms with Crippen LogP contribution in [0.2, 0.25) is 0 Å². The van der Waals surface area contributed by atoms with Gasteiger partial charge in [0.15, 0.2) is 5.82 Å². The zero-order valence-corrected chi connectivity index (χ0v) is 19.5. The quantitative estimate of drug-likeness (QED) is 0.525. The first-order valence-corrected chi connectivity index (χ1v) is 11.5. The van der Waals surface area contributed by atoms with E-state index in [1.54, 1.807) is 0 Å². The lowest BCUT2D eigenvalue weighted by molar-refractivity contribution is -0.117. The van der Waals surface area contributed by atoms with Crippen LogP contribution < -0.4 is 4.72 Å². The van der Waals surface area contributed by atoms with Gasteiger partial charge in [-0.25, -0.2) is 13.0 Å². The Kier molecular flexibility index (Phi) is 7.70. The molecule has 1 amide bonds. The third-order valence-electron chi connectivity index (χ3n) is 4.35. The Bertz CT molecular complexity index is 1020. The second kappa shape index (κ2) is 9.49. The maximum absolute atomic E-state index is 14.4. The molecule has 10 heteroatoms. The molecule has 30 heavy (non-hydrogen) atoms. The van der Waals surface area contributed by atoms with Gasteiger partial charge in [0.1, 0.15) is 21.6 Å². The molecular formula is C20H27F2N3O3S2. The summed E-state index contributed by atoms with van der Waals surface area (Å²) in [5.74, 6) is -2.14. The first kappa shape index (κ1) is 24.4. The van der Waals surface area contributed by atoms with Gasteiger partial charge < -0.3 is 5.11 Å². The van der Waals surface area contributed by atoms with Crippen molar-refractivity contribution < 1.29 is 22.9 Å². The van der Waals surface area contributed by atoms with Crippen molar-refractivity contribution in [1.29, 1.82) is 0 Å². The Hall–Kier alpha value is -1.91. The summed E-state index contributed by atoms with van der Waals surface area (Å²) >= 11 is 0.890. The lowest BCUT2D eigenvalue weighted by Crippen LogP contribution is -2.13. The molecule has 6 nitrogen and oxygen atoms in total. The lowest BCUT2D eigenvalue weighted by atomic mass is 9.90. The summed E-state index contributed by atoms with van der Waals surface area (Å²) in [6, 6.07) is 1.14. The van der Waals surface area contributed by atoms with Crippen molar-refractivity contribution >= 4 is 33.0 Å². The smallest absolute Gasteiger partial charge is 0.259 e. The molecule has 2 rings (SSSR count). The second-order valence-electron chi connectivity index (χ2n) is 8.09. The van der Waals surface area contributed by atoms with Crippen LogP contribution in [-0.4, -0.2) is 20.2 Å². The second-order valence-corrected chi connectivity index (χ2v) is 10.1. The summed E-state index contributed by atoms with van der Waals surface area (Å²) < 4.78 is 46.6. The van der Waals surface area contributed by atoms with Gasteiger partial charge in [-0.2, -0.15) is 0 Å². The van der Waals surface area contributed by atoms with Crippen molar-refractivity contribution in [3.63, 3.8) is 0 Å². The molecule has 0 radical (unpaired) electrons. The minimum Gasteiger partial charge on any atom is -0.385 e. The first-order valence-electron chi connectivity index (χ1n) is 9.49. The molecule has 0 fully saturated rings. The van der Waals surface area contributed by atoms with Crippen LogP contribution in [0.3, 0.4) is 0 Å². The highest BCUT2D eigenvalue weighted by molar-refractivity contribution is 7.77. The number of pyridine rings is 1. The molecule has 166 valence electrons. The third kappa shape index (κ3) is 5.83. The molecular weight excluding hydrogens is 432 g/mol. The van der Waals surface area contributed by atoms with Crippen LogP contribution in [0.25, 0.3) is 0 Å². The molecule has 0 aliphatic rings. The molecule has 2 aromatic heterocycles. The van der Waals surface area contributed by atoms with Crippen molar-refractivity contribution in [3.8, 4) is 0 Å². The number of rotatable bonds is 7. The van der Waals surface area contributed by atoms with Gasteiger partial charge in [0.25, 0.3) is 5.91 Å². The van der Waals surface area contributed by atoms with Crippen molar-refractivity contribution in [2.45, 2.75) is 65.4 Å². The molecule has 1 unspecified atom stereocenters. The van der Waals surface area contributed by atoms with Crippen LogP contribution in [0.5, 0.6) is 0 Å². The monoisotopic (exact) mass is 459 g/mol. The number of carbonyl (C=O) groups excluding carboxylic acids is 1.